The van der Waals surface area contributed by atoms with Crippen LogP contribution in [0.1, 0.15) is 49.8 Å². The standard InChI is InChI=1S/C49H66N10O10S2/c1-28(61)39(25-60)56-48(68)41-27-71-70-26-40(57-43(63)34(51)21-30-13-5-3-6-14-30)47(67)54-37(22-31-15-7-4-8-16-31)45(65)55-38(23-32-24-52-35-18-10-9-17-33(32)35)46(66)53-36(19-11-12-20-50)44(64)59-42(29(2)62)49(69)58-41/h3-10,13-18,24,28-29,34,36-42,52,60-62H,11-12,19-23,25-27,50-51H2,1-2H3,(H,53,66)(H,54,67)(H,55,65)(H,56,68)(H,57,63)(H,58,69)(H,59,64)/t28-,29-,34-,36?,37+,38?,39-,40?,41+,42+/m1/s1. The number of carbonyl (C=O) groups excluding carboxylic acids is 7. The van der Waals surface area contributed by atoms with Crippen LogP contribution in [0.15, 0.2) is 91.1 Å². The molecule has 384 valence electrons. The maximum atomic E-state index is 14.7. The molecule has 1 aliphatic rings. The van der Waals surface area contributed by atoms with Crippen LogP contribution in [0, 0.1) is 0 Å². The van der Waals surface area contributed by atoms with Crippen LogP contribution in [-0.2, 0) is 52.8 Å². The lowest BCUT2D eigenvalue weighted by atomic mass is 10.0. The number of amides is 7. The van der Waals surface area contributed by atoms with Gasteiger partial charge in [-0.2, -0.15) is 0 Å². The monoisotopic (exact) mass is 1020 g/mol. The van der Waals surface area contributed by atoms with Crippen molar-refractivity contribution < 1.29 is 48.9 Å². The fourth-order valence-corrected chi connectivity index (χ4v) is 10.1. The van der Waals surface area contributed by atoms with Crippen LogP contribution < -0.4 is 48.7 Å². The maximum Gasteiger partial charge on any atom is 0.245 e. The Bertz CT molecular complexity index is 2400. The fraction of sp³-hybridized carbons (Fsp3) is 0.449. The van der Waals surface area contributed by atoms with Crippen LogP contribution in [-0.4, -0.2) is 147 Å². The summed E-state index contributed by atoms with van der Waals surface area (Å²) in [7, 11) is 2.06. The summed E-state index contributed by atoms with van der Waals surface area (Å²) in [6.45, 7) is 2.23. The lowest BCUT2D eigenvalue weighted by molar-refractivity contribution is -0.136. The summed E-state index contributed by atoms with van der Waals surface area (Å²) in [5.74, 6) is -6.01. The summed E-state index contributed by atoms with van der Waals surface area (Å²) in [6, 6.07) is 14.6. The van der Waals surface area contributed by atoms with E-state index in [1.54, 1.807) is 60.8 Å². The average molecular weight is 1020 g/mol. The summed E-state index contributed by atoms with van der Waals surface area (Å²) >= 11 is 0. The van der Waals surface area contributed by atoms with Crippen molar-refractivity contribution in [1.29, 1.82) is 0 Å². The topological polar surface area (TPSA) is 332 Å². The van der Waals surface area contributed by atoms with E-state index >= 15 is 0 Å². The molecule has 1 aliphatic heterocycles. The Hall–Kier alpha value is -6.01. The number of aromatic nitrogens is 1. The molecule has 0 spiro atoms. The number of para-hydroxylation sites is 1. The van der Waals surface area contributed by atoms with E-state index in [0.717, 1.165) is 38.1 Å². The van der Waals surface area contributed by atoms with Gasteiger partial charge in [-0.15, -0.1) is 0 Å². The van der Waals surface area contributed by atoms with Gasteiger partial charge in [0, 0.05) is 41.4 Å². The molecule has 3 unspecified atom stereocenters. The molecule has 2 heterocycles. The van der Waals surface area contributed by atoms with E-state index in [0.29, 0.717) is 24.0 Å². The van der Waals surface area contributed by atoms with Gasteiger partial charge in [0.05, 0.1) is 30.9 Å². The summed E-state index contributed by atoms with van der Waals surface area (Å²) < 4.78 is 0. The molecule has 0 bridgehead atoms. The second kappa shape index (κ2) is 28.1. The Morgan fingerprint density at radius 3 is 1.96 bits per heavy atom. The minimum Gasteiger partial charge on any atom is -0.394 e. The molecule has 0 saturated carbocycles. The summed E-state index contributed by atoms with van der Waals surface area (Å²) in [5, 5.41) is 50.5. The first-order valence-corrected chi connectivity index (χ1v) is 26.0. The Labute approximate surface area is 420 Å². The van der Waals surface area contributed by atoms with E-state index in [2.05, 4.69) is 42.2 Å². The van der Waals surface area contributed by atoms with Gasteiger partial charge in [0.25, 0.3) is 0 Å². The largest absolute Gasteiger partial charge is 0.394 e. The third-order valence-electron chi connectivity index (χ3n) is 11.9. The van der Waals surface area contributed by atoms with Crippen molar-refractivity contribution in [3.63, 3.8) is 0 Å². The number of hydrogen-bond donors (Lipinski definition) is 13. The van der Waals surface area contributed by atoms with E-state index in [-0.39, 0.29) is 43.7 Å². The smallest absolute Gasteiger partial charge is 0.245 e. The number of aliphatic hydroxyl groups is 3. The molecule has 1 fully saturated rings. The van der Waals surface area contributed by atoms with Crippen molar-refractivity contribution in [2.75, 3.05) is 24.7 Å². The molecular formula is C49H66N10O10S2. The predicted molar refractivity (Wildman–Crippen MR) is 272 cm³/mol. The third-order valence-corrected chi connectivity index (χ3v) is 14.3. The molecule has 1 aromatic heterocycles. The number of aliphatic hydroxyl groups excluding tert-OH is 3. The summed E-state index contributed by atoms with van der Waals surface area (Å²) in [4.78, 5) is 103. The number of nitrogens with one attached hydrogen (secondary N) is 8. The first-order chi connectivity index (χ1) is 34.1. The van der Waals surface area contributed by atoms with E-state index in [1.807, 2.05) is 30.3 Å². The zero-order valence-electron chi connectivity index (χ0n) is 39.7. The van der Waals surface area contributed by atoms with E-state index in [4.69, 9.17) is 11.5 Å². The van der Waals surface area contributed by atoms with Crippen LogP contribution in [0.5, 0.6) is 0 Å². The minimum absolute atomic E-state index is 0.0340. The lowest BCUT2D eigenvalue weighted by Gasteiger charge is -2.29. The molecule has 20 nitrogen and oxygen atoms in total. The van der Waals surface area contributed by atoms with Gasteiger partial charge in [-0.25, -0.2) is 0 Å². The van der Waals surface area contributed by atoms with Gasteiger partial charge in [0.1, 0.15) is 36.3 Å². The van der Waals surface area contributed by atoms with Crippen molar-refractivity contribution in [3.8, 4) is 0 Å². The molecule has 71 heavy (non-hydrogen) atoms. The second-order valence-electron chi connectivity index (χ2n) is 17.5. The van der Waals surface area contributed by atoms with Gasteiger partial charge in [-0.3, -0.25) is 33.6 Å². The van der Waals surface area contributed by atoms with Crippen molar-refractivity contribution in [2.24, 2.45) is 11.5 Å². The molecule has 1 saturated heterocycles. The van der Waals surface area contributed by atoms with Crippen LogP contribution >= 0.6 is 21.6 Å². The molecular weight excluding hydrogens is 953 g/mol. The van der Waals surface area contributed by atoms with Crippen molar-refractivity contribution in [1.82, 2.24) is 42.2 Å². The van der Waals surface area contributed by atoms with Gasteiger partial charge in [-0.1, -0.05) is 100 Å². The predicted octanol–water partition coefficient (Wildman–Crippen LogP) is -0.805. The lowest BCUT2D eigenvalue weighted by Crippen LogP contribution is -2.62. The van der Waals surface area contributed by atoms with Crippen LogP contribution in [0.2, 0.25) is 0 Å². The van der Waals surface area contributed by atoms with Gasteiger partial charge in [-0.05, 0) is 68.8 Å². The Kier molecular flexibility index (Phi) is 22.2. The van der Waals surface area contributed by atoms with E-state index < -0.39 is 108 Å². The highest BCUT2D eigenvalue weighted by Gasteiger charge is 2.36. The number of hydrogen-bond acceptors (Lipinski definition) is 14. The summed E-state index contributed by atoms with van der Waals surface area (Å²) in [5.41, 5.74) is 15.0. The second-order valence-corrected chi connectivity index (χ2v) is 20.0. The number of rotatable bonds is 17. The van der Waals surface area contributed by atoms with Gasteiger partial charge in [0.2, 0.25) is 41.4 Å². The number of carbonyl (C=O) groups is 7. The highest BCUT2D eigenvalue weighted by molar-refractivity contribution is 8.76. The van der Waals surface area contributed by atoms with Gasteiger partial charge in [0.15, 0.2) is 0 Å². The normalized spacial score (nSPS) is 22.8. The molecule has 22 heteroatoms. The van der Waals surface area contributed by atoms with Gasteiger partial charge >= 0.3 is 0 Å². The Morgan fingerprint density at radius 1 is 0.718 bits per heavy atom. The number of aromatic amines is 1. The number of H-pyrrole nitrogens is 1. The zero-order chi connectivity index (χ0) is 51.5. The van der Waals surface area contributed by atoms with E-state index in [1.165, 1.54) is 13.8 Å². The summed E-state index contributed by atoms with van der Waals surface area (Å²) in [6.07, 6.45) is -0.156. The molecule has 5 rings (SSSR count). The average Bonchev–Trinajstić information content (AvgIpc) is 3.76. The highest BCUT2D eigenvalue weighted by atomic mass is 33.1. The first kappa shape index (κ1) is 55.9. The molecule has 7 amide bonds. The van der Waals surface area contributed by atoms with E-state index in [9.17, 15) is 48.9 Å². The quantitative estimate of drug-likeness (QED) is 0.0455. The van der Waals surface area contributed by atoms with Crippen LogP contribution in [0.25, 0.3) is 10.9 Å². The molecule has 0 radical (unpaired) electrons. The third kappa shape index (κ3) is 17.1. The van der Waals surface area contributed by atoms with Gasteiger partial charge < -0.3 is 69.0 Å². The van der Waals surface area contributed by atoms with Crippen LogP contribution in [0.4, 0.5) is 0 Å². The Balaban J connectivity index is 1.56. The minimum atomic E-state index is -1.66. The van der Waals surface area contributed by atoms with Crippen LogP contribution in [0.3, 0.4) is 0 Å². The molecule has 0 aliphatic carbocycles. The molecule has 10 atom stereocenters. The number of benzene rings is 3. The molecule has 15 N–H and O–H groups in total. The molecule has 3 aromatic carbocycles. The van der Waals surface area contributed by atoms with Crippen molar-refractivity contribution in [2.45, 2.75) is 113 Å². The Morgan fingerprint density at radius 2 is 1.31 bits per heavy atom. The highest BCUT2D eigenvalue weighted by Crippen LogP contribution is 2.24. The molecule has 4 aromatic rings. The number of unbranched alkanes of at least 4 members (excludes halogenated alkanes) is 1. The van der Waals surface area contributed by atoms with Crippen molar-refractivity contribution in [3.05, 3.63) is 108 Å². The number of nitrogens with two attached hydrogens (primary N) is 2. The zero-order valence-corrected chi connectivity index (χ0v) is 41.3. The fourth-order valence-electron chi connectivity index (χ4n) is 7.73. The first-order valence-electron chi connectivity index (χ1n) is 23.5. The van der Waals surface area contributed by atoms with Crippen molar-refractivity contribution >= 4 is 73.8 Å². The SMILES string of the molecule is C[C@@H](O)[C@@H]1NC(=O)C(CCCCN)NC(=O)C(Cc2c[nH]c3ccccc23)NC(=O)[C@H](Cc2ccccc2)NC(=O)C(NC(=O)[C@H](N)Cc2ccccc2)CSSC[C@@H](C(=O)N[C@H](CO)[C@@H](C)O)NC1=O. The maximum absolute atomic E-state index is 14.7. The number of fused-ring (bicyclic) bond motifs is 1.